The van der Waals surface area contributed by atoms with Crippen LogP contribution in [0.4, 0.5) is 11.4 Å². The van der Waals surface area contributed by atoms with Gasteiger partial charge in [-0.3, -0.25) is 19.5 Å². The number of carbonyl (C=O) groups is 2. The van der Waals surface area contributed by atoms with Crippen LogP contribution in [0.25, 0.3) is 0 Å². The number of hydrogen-bond acceptors (Lipinski definition) is 4. The van der Waals surface area contributed by atoms with Gasteiger partial charge in [-0.05, 0) is 32.0 Å². The summed E-state index contributed by atoms with van der Waals surface area (Å²) in [6, 6.07) is 1.76. The van der Waals surface area contributed by atoms with Gasteiger partial charge in [0.25, 0.3) is 0 Å². The molecule has 0 aliphatic carbocycles. The standard InChI is InChI=1S/C16H18N4O2/c1-2-7-19-8-4-12(5-9-19)16(22)20-11-15(21)18-13-10-17-6-3-14(13)20/h1,3,6,10,12H,4-5,7-9,11H2,(H,18,21). The van der Waals surface area contributed by atoms with E-state index in [2.05, 4.69) is 21.1 Å². The Kier molecular flexibility index (Phi) is 4.07. The third kappa shape index (κ3) is 2.81. The molecule has 0 unspecified atom stereocenters. The number of fused-ring (bicyclic) bond motifs is 1. The number of nitrogens with one attached hydrogen (secondary N) is 1. The zero-order chi connectivity index (χ0) is 15.5. The number of aromatic nitrogens is 1. The first kappa shape index (κ1) is 14.5. The molecular weight excluding hydrogens is 280 g/mol. The number of carbonyl (C=O) groups excluding carboxylic acids is 2. The van der Waals surface area contributed by atoms with Gasteiger partial charge in [0, 0.05) is 12.1 Å². The third-order valence-electron chi connectivity index (χ3n) is 4.18. The summed E-state index contributed by atoms with van der Waals surface area (Å²) >= 11 is 0. The minimum absolute atomic E-state index is 0.0163. The van der Waals surface area contributed by atoms with E-state index in [1.165, 1.54) is 0 Å². The lowest BCUT2D eigenvalue weighted by Gasteiger charge is -2.35. The van der Waals surface area contributed by atoms with E-state index in [-0.39, 0.29) is 24.3 Å². The van der Waals surface area contributed by atoms with Crippen LogP contribution in [-0.4, -0.2) is 47.9 Å². The van der Waals surface area contributed by atoms with Crippen molar-refractivity contribution in [2.45, 2.75) is 12.8 Å². The fourth-order valence-corrected chi connectivity index (χ4v) is 3.02. The van der Waals surface area contributed by atoms with Crippen molar-refractivity contribution in [3.05, 3.63) is 18.5 Å². The molecule has 1 aromatic rings. The largest absolute Gasteiger partial charge is 0.321 e. The molecule has 114 valence electrons. The summed E-state index contributed by atoms with van der Waals surface area (Å²) in [6.45, 7) is 2.34. The topological polar surface area (TPSA) is 65.5 Å². The number of rotatable bonds is 2. The van der Waals surface area contributed by atoms with Crippen LogP contribution in [0.1, 0.15) is 12.8 Å². The van der Waals surface area contributed by atoms with Gasteiger partial charge in [-0.25, -0.2) is 0 Å². The number of amides is 2. The van der Waals surface area contributed by atoms with Crippen molar-refractivity contribution in [3.8, 4) is 12.3 Å². The Bertz CT molecular complexity index is 629. The molecule has 2 amide bonds. The van der Waals surface area contributed by atoms with E-state index in [0.717, 1.165) is 31.6 Å². The maximum atomic E-state index is 12.8. The van der Waals surface area contributed by atoms with Gasteiger partial charge in [0.1, 0.15) is 6.54 Å². The second kappa shape index (κ2) is 6.16. The Hall–Kier alpha value is -2.39. The lowest BCUT2D eigenvalue weighted by Crippen LogP contribution is -2.47. The second-order valence-corrected chi connectivity index (χ2v) is 5.62. The zero-order valence-corrected chi connectivity index (χ0v) is 12.3. The van der Waals surface area contributed by atoms with Gasteiger partial charge in [0.15, 0.2) is 0 Å². The number of nitrogens with zero attached hydrogens (tertiary/aromatic N) is 3. The van der Waals surface area contributed by atoms with Crippen LogP contribution in [0.2, 0.25) is 0 Å². The summed E-state index contributed by atoms with van der Waals surface area (Å²) in [5.74, 6) is 2.41. The smallest absolute Gasteiger partial charge is 0.244 e. The number of piperidine rings is 1. The minimum atomic E-state index is -0.182. The van der Waals surface area contributed by atoms with E-state index < -0.39 is 0 Å². The molecule has 6 heteroatoms. The Morgan fingerprint density at radius 3 is 2.95 bits per heavy atom. The molecule has 0 bridgehead atoms. The highest BCUT2D eigenvalue weighted by Gasteiger charge is 2.33. The van der Waals surface area contributed by atoms with Crippen LogP contribution in [0, 0.1) is 18.3 Å². The monoisotopic (exact) mass is 298 g/mol. The molecule has 22 heavy (non-hydrogen) atoms. The second-order valence-electron chi connectivity index (χ2n) is 5.62. The molecule has 0 atom stereocenters. The maximum Gasteiger partial charge on any atom is 0.244 e. The molecule has 1 N–H and O–H groups in total. The number of terminal acetylenes is 1. The molecule has 0 saturated carbocycles. The van der Waals surface area contributed by atoms with Crippen molar-refractivity contribution < 1.29 is 9.59 Å². The van der Waals surface area contributed by atoms with Gasteiger partial charge in [-0.1, -0.05) is 5.92 Å². The van der Waals surface area contributed by atoms with Crippen molar-refractivity contribution in [3.63, 3.8) is 0 Å². The van der Waals surface area contributed by atoms with Gasteiger partial charge in [0.05, 0.1) is 24.1 Å². The predicted octanol–water partition coefficient (Wildman–Crippen LogP) is 0.712. The molecule has 0 radical (unpaired) electrons. The summed E-state index contributed by atoms with van der Waals surface area (Å²) in [5, 5.41) is 2.75. The van der Waals surface area contributed by atoms with Crippen molar-refractivity contribution in [2.24, 2.45) is 5.92 Å². The quantitative estimate of drug-likeness (QED) is 0.817. The highest BCUT2D eigenvalue weighted by atomic mass is 16.2. The van der Waals surface area contributed by atoms with E-state index in [1.54, 1.807) is 23.4 Å². The van der Waals surface area contributed by atoms with Crippen LogP contribution in [0.3, 0.4) is 0 Å². The fraction of sp³-hybridized carbons (Fsp3) is 0.438. The Morgan fingerprint density at radius 2 is 2.23 bits per heavy atom. The molecule has 3 heterocycles. The van der Waals surface area contributed by atoms with Crippen LogP contribution >= 0.6 is 0 Å². The first-order valence-corrected chi connectivity index (χ1v) is 7.40. The van der Waals surface area contributed by atoms with E-state index in [4.69, 9.17) is 6.42 Å². The van der Waals surface area contributed by atoms with Crippen molar-refractivity contribution in [1.82, 2.24) is 9.88 Å². The van der Waals surface area contributed by atoms with Gasteiger partial charge < -0.3 is 10.2 Å². The van der Waals surface area contributed by atoms with E-state index in [0.29, 0.717) is 12.2 Å². The predicted molar refractivity (Wildman–Crippen MR) is 83.2 cm³/mol. The number of hydrogen-bond donors (Lipinski definition) is 1. The normalized spacial score (nSPS) is 19.2. The van der Waals surface area contributed by atoms with Crippen LogP contribution in [0.15, 0.2) is 18.5 Å². The van der Waals surface area contributed by atoms with Crippen molar-refractivity contribution in [1.29, 1.82) is 0 Å². The maximum absolute atomic E-state index is 12.8. The zero-order valence-electron chi connectivity index (χ0n) is 12.3. The summed E-state index contributed by atoms with van der Waals surface area (Å²) in [6.07, 6.45) is 10.1. The molecule has 0 aromatic carbocycles. The summed E-state index contributed by atoms with van der Waals surface area (Å²) in [4.78, 5) is 32.3. The molecule has 2 aliphatic rings. The minimum Gasteiger partial charge on any atom is -0.321 e. The Balaban J connectivity index is 1.73. The molecule has 1 fully saturated rings. The Morgan fingerprint density at radius 1 is 1.45 bits per heavy atom. The summed E-state index contributed by atoms with van der Waals surface area (Å²) in [5.41, 5.74) is 1.32. The molecule has 1 saturated heterocycles. The van der Waals surface area contributed by atoms with Gasteiger partial charge >= 0.3 is 0 Å². The molecule has 0 spiro atoms. The number of anilines is 2. The first-order chi connectivity index (χ1) is 10.7. The molecule has 2 aliphatic heterocycles. The van der Waals surface area contributed by atoms with E-state index >= 15 is 0 Å². The lowest BCUT2D eigenvalue weighted by molar-refractivity contribution is -0.125. The van der Waals surface area contributed by atoms with Crippen molar-refractivity contribution >= 4 is 23.2 Å². The number of pyridine rings is 1. The highest BCUT2D eigenvalue weighted by Crippen LogP contribution is 2.31. The molecular formula is C16H18N4O2. The fourth-order valence-electron chi connectivity index (χ4n) is 3.02. The SMILES string of the molecule is C#CCN1CCC(C(=O)N2CC(=O)Nc3cnccc32)CC1. The highest BCUT2D eigenvalue weighted by molar-refractivity contribution is 6.10. The van der Waals surface area contributed by atoms with Crippen LogP contribution in [-0.2, 0) is 9.59 Å². The third-order valence-corrected chi connectivity index (χ3v) is 4.18. The van der Waals surface area contributed by atoms with E-state index in [9.17, 15) is 9.59 Å². The van der Waals surface area contributed by atoms with Crippen LogP contribution < -0.4 is 10.2 Å². The lowest BCUT2D eigenvalue weighted by atomic mass is 9.94. The van der Waals surface area contributed by atoms with Crippen molar-refractivity contribution in [2.75, 3.05) is 36.4 Å². The molecule has 3 rings (SSSR count). The number of likely N-dealkylation sites (tertiary alicyclic amines) is 1. The average molecular weight is 298 g/mol. The molecule has 6 nitrogen and oxygen atoms in total. The summed E-state index contributed by atoms with van der Waals surface area (Å²) in [7, 11) is 0. The molecule has 1 aromatic heterocycles. The first-order valence-electron chi connectivity index (χ1n) is 7.40. The van der Waals surface area contributed by atoms with E-state index in [1.807, 2.05) is 0 Å². The van der Waals surface area contributed by atoms with Gasteiger partial charge in [-0.2, -0.15) is 0 Å². The van der Waals surface area contributed by atoms with Gasteiger partial charge in [0.2, 0.25) is 11.8 Å². The summed E-state index contributed by atoms with van der Waals surface area (Å²) < 4.78 is 0. The average Bonchev–Trinajstić information content (AvgIpc) is 2.54. The van der Waals surface area contributed by atoms with Gasteiger partial charge in [-0.15, -0.1) is 6.42 Å². The Labute approximate surface area is 129 Å². The van der Waals surface area contributed by atoms with Crippen LogP contribution in [0.5, 0.6) is 0 Å².